The standard InChI is InChI=1S/C36H41FN4O5/c1-3-18-40(36(43)46-25-26-12-14-32(15-13-26)41(44)45)31-16-19-39(20-17-31)24-29-22-33(23-34(29)27-8-5-4-6-9-27)38(2)35(42)28-10-7-11-30(37)21-28/h3-15,21,29,31,33-34H,1,16-20,22-25H2,2H3/t29-,33+,34-/m1/s1. The van der Waals surface area contributed by atoms with Crippen LogP contribution in [0.1, 0.15) is 53.1 Å². The number of hydrogen-bond acceptors (Lipinski definition) is 6. The summed E-state index contributed by atoms with van der Waals surface area (Å²) in [7, 11) is 1.82. The van der Waals surface area contributed by atoms with E-state index in [1.807, 2.05) is 13.1 Å². The van der Waals surface area contributed by atoms with E-state index in [0.717, 1.165) is 45.3 Å². The molecule has 9 nitrogen and oxygen atoms in total. The maximum Gasteiger partial charge on any atom is 0.410 e. The second-order valence-corrected chi connectivity index (χ2v) is 12.3. The number of nitro benzene ring substituents is 1. The molecule has 0 aromatic heterocycles. The number of nitro groups is 1. The van der Waals surface area contributed by atoms with E-state index >= 15 is 0 Å². The molecule has 1 heterocycles. The van der Waals surface area contributed by atoms with Gasteiger partial charge in [-0.3, -0.25) is 14.9 Å². The first kappa shape index (κ1) is 32.8. The minimum Gasteiger partial charge on any atom is -0.445 e. The molecule has 0 bridgehead atoms. The smallest absolute Gasteiger partial charge is 0.410 e. The number of likely N-dealkylation sites (tertiary alicyclic amines) is 1. The van der Waals surface area contributed by atoms with Crippen LogP contribution in [-0.2, 0) is 11.3 Å². The number of carbonyl (C=O) groups excluding carboxylic acids is 2. The number of amides is 2. The first-order chi connectivity index (χ1) is 22.2. The highest BCUT2D eigenvalue weighted by Crippen LogP contribution is 2.42. The van der Waals surface area contributed by atoms with Gasteiger partial charge in [0.1, 0.15) is 12.4 Å². The van der Waals surface area contributed by atoms with Crippen molar-refractivity contribution in [1.29, 1.82) is 0 Å². The van der Waals surface area contributed by atoms with Crippen molar-refractivity contribution in [1.82, 2.24) is 14.7 Å². The largest absolute Gasteiger partial charge is 0.445 e. The molecule has 242 valence electrons. The van der Waals surface area contributed by atoms with Crippen molar-refractivity contribution in [2.24, 2.45) is 5.92 Å². The Kier molecular flexibility index (Phi) is 10.8. The Labute approximate surface area is 269 Å². The van der Waals surface area contributed by atoms with Crippen LogP contribution in [0, 0.1) is 21.8 Å². The lowest BCUT2D eigenvalue weighted by molar-refractivity contribution is -0.384. The second-order valence-electron chi connectivity index (χ2n) is 12.3. The summed E-state index contributed by atoms with van der Waals surface area (Å²) in [4.78, 5) is 42.8. The van der Waals surface area contributed by atoms with Gasteiger partial charge in [0, 0.05) is 63.0 Å². The number of carbonyl (C=O) groups is 2. The fraction of sp³-hybridized carbons (Fsp3) is 0.389. The van der Waals surface area contributed by atoms with E-state index in [2.05, 4.69) is 35.7 Å². The molecule has 2 amide bonds. The molecule has 3 aromatic carbocycles. The average molecular weight is 629 g/mol. The van der Waals surface area contributed by atoms with Crippen molar-refractivity contribution in [3.05, 3.63) is 124 Å². The summed E-state index contributed by atoms with van der Waals surface area (Å²) in [6, 6.07) is 22.4. The normalized spacial score (nSPS) is 20.2. The van der Waals surface area contributed by atoms with Crippen molar-refractivity contribution in [2.45, 2.75) is 50.3 Å². The Morgan fingerprint density at radius 1 is 1.02 bits per heavy atom. The average Bonchev–Trinajstić information content (AvgIpc) is 3.50. The summed E-state index contributed by atoms with van der Waals surface area (Å²) in [6.07, 6.45) is 4.57. The third kappa shape index (κ3) is 7.98. The van der Waals surface area contributed by atoms with Crippen LogP contribution in [0.3, 0.4) is 0 Å². The van der Waals surface area contributed by atoms with Gasteiger partial charge in [0.2, 0.25) is 0 Å². The van der Waals surface area contributed by atoms with Gasteiger partial charge in [0.15, 0.2) is 0 Å². The lowest BCUT2D eigenvalue weighted by Gasteiger charge is -2.39. The first-order valence-electron chi connectivity index (χ1n) is 15.8. The maximum absolute atomic E-state index is 13.9. The highest BCUT2D eigenvalue weighted by atomic mass is 19.1. The zero-order chi connectivity index (χ0) is 32.6. The second kappa shape index (κ2) is 15.1. The number of piperidine rings is 1. The topological polar surface area (TPSA) is 96.2 Å². The van der Waals surface area contributed by atoms with E-state index in [-0.39, 0.29) is 30.3 Å². The number of rotatable bonds is 11. The highest BCUT2D eigenvalue weighted by Gasteiger charge is 2.40. The van der Waals surface area contributed by atoms with E-state index in [1.165, 1.54) is 29.8 Å². The number of halogens is 1. The third-order valence-electron chi connectivity index (χ3n) is 9.40. The number of non-ortho nitro benzene ring substituents is 1. The van der Waals surface area contributed by atoms with Crippen molar-refractivity contribution >= 4 is 17.7 Å². The molecule has 5 rings (SSSR count). The Bertz CT molecular complexity index is 1510. The van der Waals surface area contributed by atoms with Gasteiger partial charge in [0.05, 0.1) is 4.92 Å². The van der Waals surface area contributed by atoms with Gasteiger partial charge in [0.25, 0.3) is 11.6 Å². The van der Waals surface area contributed by atoms with E-state index in [1.54, 1.807) is 40.1 Å². The van der Waals surface area contributed by atoms with Crippen LogP contribution >= 0.6 is 0 Å². The van der Waals surface area contributed by atoms with Crippen LogP contribution in [0.2, 0.25) is 0 Å². The van der Waals surface area contributed by atoms with Crippen molar-refractivity contribution in [3.8, 4) is 0 Å². The van der Waals surface area contributed by atoms with E-state index in [4.69, 9.17) is 4.74 Å². The van der Waals surface area contributed by atoms with Gasteiger partial charge >= 0.3 is 6.09 Å². The van der Waals surface area contributed by atoms with Gasteiger partial charge in [-0.25, -0.2) is 9.18 Å². The molecule has 0 N–H and O–H groups in total. The molecule has 46 heavy (non-hydrogen) atoms. The zero-order valence-electron chi connectivity index (χ0n) is 26.2. The summed E-state index contributed by atoms with van der Waals surface area (Å²) >= 11 is 0. The predicted octanol–water partition coefficient (Wildman–Crippen LogP) is 6.66. The number of hydrogen-bond donors (Lipinski definition) is 0. The molecule has 2 fully saturated rings. The third-order valence-corrected chi connectivity index (χ3v) is 9.40. The Morgan fingerprint density at radius 3 is 2.39 bits per heavy atom. The summed E-state index contributed by atoms with van der Waals surface area (Å²) < 4.78 is 19.4. The number of ether oxygens (including phenoxy) is 1. The molecular formula is C36H41FN4O5. The van der Waals surface area contributed by atoms with Gasteiger partial charge in [-0.2, -0.15) is 0 Å². The fourth-order valence-corrected chi connectivity index (χ4v) is 6.91. The molecule has 3 aromatic rings. The molecule has 1 aliphatic carbocycles. The summed E-state index contributed by atoms with van der Waals surface area (Å²) in [5.74, 6) is 0.0417. The number of benzene rings is 3. The molecule has 0 unspecified atom stereocenters. The summed E-state index contributed by atoms with van der Waals surface area (Å²) in [5, 5.41) is 10.9. The Hall–Kier alpha value is -4.57. The predicted molar refractivity (Wildman–Crippen MR) is 174 cm³/mol. The molecule has 0 spiro atoms. The van der Waals surface area contributed by atoms with E-state index < -0.39 is 16.8 Å². The molecule has 0 radical (unpaired) electrons. The minimum absolute atomic E-state index is 0.00915. The van der Waals surface area contributed by atoms with Gasteiger partial charge in [-0.15, -0.1) is 6.58 Å². The fourth-order valence-electron chi connectivity index (χ4n) is 6.91. The molecule has 2 aliphatic rings. The van der Waals surface area contributed by atoms with E-state index in [9.17, 15) is 24.1 Å². The Balaban J connectivity index is 1.19. The van der Waals surface area contributed by atoms with Crippen molar-refractivity contribution in [3.63, 3.8) is 0 Å². The molecule has 1 saturated heterocycles. The summed E-state index contributed by atoms with van der Waals surface area (Å²) in [6.45, 7) is 6.77. The van der Waals surface area contributed by atoms with Gasteiger partial charge in [-0.05, 0) is 79.0 Å². The summed E-state index contributed by atoms with van der Waals surface area (Å²) in [5.41, 5.74) is 2.30. The van der Waals surface area contributed by atoms with Crippen LogP contribution < -0.4 is 0 Å². The van der Waals surface area contributed by atoms with Crippen LogP contribution in [-0.4, -0.2) is 76.9 Å². The molecule has 1 aliphatic heterocycles. The molecular weight excluding hydrogens is 587 g/mol. The lowest BCUT2D eigenvalue weighted by atomic mass is 9.88. The lowest BCUT2D eigenvalue weighted by Crippen LogP contribution is -2.48. The molecule has 1 saturated carbocycles. The quantitative estimate of drug-likeness (QED) is 0.134. The minimum atomic E-state index is -0.463. The highest BCUT2D eigenvalue weighted by molar-refractivity contribution is 5.94. The van der Waals surface area contributed by atoms with Crippen LogP contribution in [0.5, 0.6) is 0 Å². The van der Waals surface area contributed by atoms with Crippen LogP contribution in [0.15, 0.2) is 91.5 Å². The van der Waals surface area contributed by atoms with Crippen molar-refractivity contribution in [2.75, 3.05) is 33.2 Å². The zero-order valence-corrected chi connectivity index (χ0v) is 26.2. The van der Waals surface area contributed by atoms with Crippen molar-refractivity contribution < 1.29 is 23.6 Å². The van der Waals surface area contributed by atoms with Gasteiger partial charge in [-0.1, -0.05) is 42.5 Å². The maximum atomic E-state index is 13.9. The first-order valence-corrected chi connectivity index (χ1v) is 15.8. The Morgan fingerprint density at radius 2 is 1.74 bits per heavy atom. The monoisotopic (exact) mass is 628 g/mol. The van der Waals surface area contributed by atoms with Gasteiger partial charge < -0.3 is 19.4 Å². The van der Waals surface area contributed by atoms with Crippen LogP contribution in [0.25, 0.3) is 0 Å². The van der Waals surface area contributed by atoms with E-state index in [0.29, 0.717) is 29.5 Å². The molecule has 10 heteroatoms. The SMILES string of the molecule is C=CCN(C(=O)OCc1ccc([N+](=O)[O-])cc1)C1CCN(C[C@H]2C[C@H](N(C)C(=O)c3cccc(F)c3)C[C@@H]2c2ccccc2)CC1. The number of nitrogens with zero attached hydrogens (tertiary/aromatic N) is 4. The van der Waals surface area contributed by atoms with Crippen LogP contribution in [0.4, 0.5) is 14.9 Å². The molecule has 3 atom stereocenters.